The minimum absolute atomic E-state index is 0.0441. The lowest BCUT2D eigenvalue weighted by Gasteiger charge is -2.09. The summed E-state index contributed by atoms with van der Waals surface area (Å²) in [5.74, 6) is 1.52. The average Bonchev–Trinajstić information content (AvgIpc) is 2.89. The SMILES string of the molecule is Cc1cc(=O)n(CC(=O)c2ccc3c(c2)OCO3)c(C)n1. The summed E-state index contributed by atoms with van der Waals surface area (Å²) in [6, 6.07) is 6.41. The van der Waals surface area contributed by atoms with E-state index in [9.17, 15) is 9.59 Å². The molecule has 0 atom stereocenters. The number of hydrogen-bond donors (Lipinski definition) is 0. The molecule has 6 heteroatoms. The number of fused-ring (bicyclic) bond motifs is 1. The summed E-state index contributed by atoms with van der Waals surface area (Å²) in [6.45, 7) is 3.57. The van der Waals surface area contributed by atoms with Gasteiger partial charge in [0.25, 0.3) is 5.56 Å². The highest BCUT2D eigenvalue weighted by Crippen LogP contribution is 2.32. The van der Waals surface area contributed by atoms with Crippen molar-refractivity contribution in [1.29, 1.82) is 0 Å². The molecule has 1 aromatic carbocycles. The van der Waals surface area contributed by atoms with Gasteiger partial charge in [-0.15, -0.1) is 0 Å². The van der Waals surface area contributed by atoms with E-state index in [0.717, 1.165) is 0 Å². The molecule has 0 bridgehead atoms. The number of Topliss-reactive ketones (excluding diaryl/α,β-unsaturated/α-hetero) is 1. The minimum atomic E-state index is -0.228. The maximum Gasteiger partial charge on any atom is 0.254 e. The maximum atomic E-state index is 12.3. The molecule has 1 aromatic heterocycles. The lowest BCUT2D eigenvalue weighted by Crippen LogP contribution is -2.27. The van der Waals surface area contributed by atoms with Gasteiger partial charge < -0.3 is 9.47 Å². The highest BCUT2D eigenvalue weighted by molar-refractivity contribution is 5.96. The second-order valence-electron chi connectivity index (χ2n) is 4.86. The van der Waals surface area contributed by atoms with E-state index < -0.39 is 0 Å². The first-order chi connectivity index (χ1) is 10.0. The summed E-state index contributed by atoms with van der Waals surface area (Å²) in [7, 11) is 0. The quantitative estimate of drug-likeness (QED) is 0.799. The van der Waals surface area contributed by atoms with Crippen LogP contribution in [0.2, 0.25) is 0 Å². The number of ketones is 1. The fourth-order valence-corrected chi connectivity index (χ4v) is 2.26. The van der Waals surface area contributed by atoms with Crippen molar-refractivity contribution in [3.63, 3.8) is 0 Å². The monoisotopic (exact) mass is 286 g/mol. The Balaban J connectivity index is 1.89. The van der Waals surface area contributed by atoms with E-state index in [1.54, 1.807) is 32.0 Å². The molecule has 1 aliphatic rings. The zero-order chi connectivity index (χ0) is 15.0. The summed E-state index contributed by atoms with van der Waals surface area (Å²) in [5, 5.41) is 0. The van der Waals surface area contributed by atoms with E-state index in [1.165, 1.54) is 10.6 Å². The molecule has 0 aliphatic carbocycles. The van der Waals surface area contributed by atoms with Gasteiger partial charge in [-0.3, -0.25) is 14.2 Å². The van der Waals surface area contributed by atoms with Crippen molar-refractivity contribution >= 4 is 5.78 Å². The van der Waals surface area contributed by atoms with E-state index in [0.29, 0.717) is 28.6 Å². The Hall–Kier alpha value is -2.63. The van der Waals surface area contributed by atoms with Crippen LogP contribution in [0.1, 0.15) is 21.9 Å². The number of carbonyl (C=O) groups is 1. The van der Waals surface area contributed by atoms with Crippen molar-refractivity contribution < 1.29 is 14.3 Å². The largest absolute Gasteiger partial charge is 0.454 e. The van der Waals surface area contributed by atoms with Crippen LogP contribution in [0.15, 0.2) is 29.1 Å². The highest BCUT2D eigenvalue weighted by Gasteiger charge is 2.17. The Kier molecular flexibility index (Phi) is 3.21. The zero-order valence-electron chi connectivity index (χ0n) is 11.8. The summed E-state index contributed by atoms with van der Waals surface area (Å²) >= 11 is 0. The van der Waals surface area contributed by atoms with Crippen LogP contribution in [0, 0.1) is 13.8 Å². The fraction of sp³-hybridized carbons (Fsp3) is 0.267. The van der Waals surface area contributed by atoms with Gasteiger partial charge in [0, 0.05) is 17.3 Å². The van der Waals surface area contributed by atoms with Gasteiger partial charge in [-0.1, -0.05) is 0 Å². The van der Waals surface area contributed by atoms with Crippen LogP contribution in [-0.4, -0.2) is 22.1 Å². The fourth-order valence-electron chi connectivity index (χ4n) is 2.26. The smallest absolute Gasteiger partial charge is 0.254 e. The Morgan fingerprint density at radius 3 is 2.76 bits per heavy atom. The molecule has 0 saturated carbocycles. The van der Waals surface area contributed by atoms with E-state index in [-0.39, 0.29) is 24.7 Å². The lowest BCUT2D eigenvalue weighted by molar-refractivity contribution is 0.0969. The molecule has 1 aliphatic heterocycles. The van der Waals surface area contributed by atoms with Crippen molar-refractivity contribution in [3.05, 3.63) is 51.7 Å². The van der Waals surface area contributed by atoms with Crippen LogP contribution in [0.3, 0.4) is 0 Å². The second-order valence-corrected chi connectivity index (χ2v) is 4.86. The van der Waals surface area contributed by atoms with E-state index in [2.05, 4.69) is 4.98 Å². The lowest BCUT2D eigenvalue weighted by atomic mass is 10.1. The van der Waals surface area contributed by atoms with Crippen molar-refractivity contribution in [2.24, 2.45) is 0 Å². The van der Waals surface area contributed by atoms with Crippen LogP contribution in [0.4, 0.5) is 0 Å². The number of rotatable bonds is 3. The number of hydrogen-bond acceptors (Lipinski definition) is 5. The number of aromatic nitrogens is 2. The molecular weight excluding hydrogens is 272 g/mol. The van der Waals surface area contributed by atoms with E-state index in [4.69, 9.17) is 9.47 Å². The first-order valence-corrected chi connectivity index (χ1v) is 6.52. The summed E-state index contributed by atoms with van der Waals surface area (Å²) in [6.07, 6.45) is 0. The molecule has 0 fully saturated rings. The van der Waals surface area contributed by atoms with E-state index >= 15 is 0 Å². The first-order valence-electron chi connectivity index (χ1n) is 6.52. The summed E-state index contributed by atoms with van der Waals surface area (Å²) in [4.78, 5) is 28.5. The third kappa shape index (κ3) is 2.52. The van der Waals surface area contributed by atoms with E-state index in [1.807, 2.05) is 0 Å². The molecule has 21 heavy (non-hydrogen) atoms. The topological polar surface area (TPSA) is 70.4 Å². The summed E-state index contributed by atoms with van der Waals surface area (Å²) < 4.78 is 11.8. The molecule has 0 saturated heterocycles. The molecule has 0 spiro atoms. The average molecular weight is 286 g/mol. The number of nitrogens with zero attached hydrogens (tertiary/aromatic N) is 2. The standard InChI is InChI=1S/C15H14N2O4/c1-9-5-15(19)17(10(2)16-9)7-12(18)11-3-4-13-14(6-11)21-8-20-13/h3-6H,7-8H2,1-2H3. The Bertz CT molecular complexity index is 780. The molecule has 2 heterocycles. The molecular formula is C15H14N2O4. The number of benzene rings is 1. The molecule has 0 amide bonds. The normalized spacial score (nSPS) is 12.5. The molecule has 3 rings (SSSR count). The molecule has 0 N–H and O–H groups in total. The van der Waals surface area contributed by atoms with Gasteiger partial charge >= 0.3 is 0 Å². The second kappa shape index (κ2) is 5.05. The first kappa shape index (κ1) is 13.4. The molecule has 2 aromatic rings. The van der Waals surface area contributed by atoms with Crippen LogP contribution in [0.5, 0.6) is 11.5 Å². The molecule has 108 valence electrons. The Labute approximate surface area is 121 Å². The number of ether oxygens (including phenoxy) is 2. The third-order valence-electron chi connectivity index (χ3n) is 3.32. The van der Waals surface area contributed by atoms with Crippen LogP contribution in [-0.2, 0) is 6.54 Å². The predicted octanol–water partition coefficient (Wildman–Crippen LogP) is 1.47. The Morgan fingerprint density at radius 2 is 2.00 bits per heavy atom. The van der Waals surface area contributed by atoms with Crippen LogP contribution < -0.4 is 15.0 Å². The van der Waals surface area contributed by atoms with Crippen molar-refractivity contribution in [1.82, 2.24) is 9.55 Å². The van der Waals surface area contributed by atoms with Crippen molar-refractivity contribution in [2.45, 2.75) is 20.4 Å². The van der Waals surface area contributed by atoms with Gasteiger partial charge in [-0.2, -0.15) is 0 Å². The van der Waals surface area contributed by atoms with Crippen molar-refractivity contribution in [3.8, 4) is 11.5 Å². The predicted molar refractivity (Wildman–Crippen MR) is 74.9 cm³/mol. The van der Waals surface area contributed by atoms with Gasteiger partial charge in [0.2, 0.25) is 6.79 Å². The van der Waals surface area contributed by atoms with Gasteiger partial charge in [0.1, 0.15) is 5.82 Å². The van der Waals surface area contributed by atoms with Crippen LogP contribution >= 0.6 is 0 Å². The highest BCUT2D eigenvalue weighted by atomic mass is 16.7. The Morgan fingerprint density at radius 1 is 1.24 bits per heavy atom. The van der Waals surface area contributed by atoms with Gasteiger partial charge in [0.05, 0.1) is 6.54 Å². The van der Waals surface area contributed by atoms with Gasteiger partial charge in [0.15, 0.2) is 17.3 Å². The van der Waals surface area contributed by atoms with Crippen LogP contribution in [0.25, 0.3) is 0 Å². The minimum Gasteiger partial charge on any atom is -0.454 e. The maximum absolute atomic E-state index is 12.3. The summed E-state index contributed by atoms with van der Waals surface area (Å²) in [5.41, 5.74) is 0.893. The number of carbonyl (C=O) groups excluding carboxylic acids is 1. The van der Waals surface area contributed by atoms with Gasteiger partial charge in [-0.05, 0) is 32.0 Å². The molecule has 0 unspecified atom stereocenters. The van der Waals surface area contributed by atoms with Crippen molar-refractivity contribution in [2.75, 3.05) is 6.79 Å². The molecule has 6 nitrogen and oxygen atoms in total. The zero-order valence-corrected chi connectivity index (χ0v) is 11.8. The number of aryl methyl sites for hydroxylation is 2. The third-order valence-corrected chi connectivity index (χ3v) is 3.32. The van der Waals surface area contributed by atoms with Gasteiger partial charge in [-0.25, -0.2) is 4.98 Å². The molecule has 0 radical (unpaired) electrons.